The van der Waals surface area contributed by atoms with Crippen LogP contribution in [0, 0.1) is 0 Å². The Balaban J connectivity index is 1.33. The third-order valence-corrected chi connectivity index (χ3v) is 9.06. The van der Waals surface area contributed by atoms with Gasteiger partial charge in [0.2, 0.25) is 0 Å². The molecule has 0 radical (unpaired) electrons. The highest BCUT2D eigenvalue weighted by molar-refractivity contribution is 6.66. The molecule has 1 saturated heterocycles. The molecule has 1 fully saturated rings. The maximum atomic E-state index is 6.49. The molecule has 1 aromatic heterocycles. The van der Waals surface area contributed by atoms with Crippen molar-refractivity contribution in [2.45, 2.75) is 50.9 Å². The van der Waals surface area contributed by atoms with Crippen LogP contribution >= 0.6 is 0 Å². The molecule has 3 heterocycles. The lowest BCUT2D eigenvalue weighted by Gasteiger charge is -2.32. The van der Waals surface area contributed by atoms with Gasteiger partial charge in [0.25, 0.3) is 0 Å². The first-order valence-electron chi connectivity index (χ1n) is 13.7. The lowest BCUT2D eigenvalue weighted by molar-refractivity contribution is 0.00578. The predicted octanol–water partition coefficient (Wildman–Crippen LogP) is 7.68. The van der Waals surface area contributed by atoms with E-state index in [2.05, 4.69) is 107 Å². The molecular weight excluding hydrogens is 483 g/mol. The molecule has 192 valence electrons. The van der Waals surface area contributed by atoms with Gasteiger partial charge in [-0.1, -0.05) is 60.7 Å². The molecular formula is C34H29BO4. The van der Waals surface area contributed by atoms with Gasteiger partial charge in [-0.3, -0.25) is 0 Å². The van der Waals surface area contributed by atoms with E-state index in [4.69, 9.17) is 18.5 Å². The van der Waals surface area contributed by atoms with Crippen molar-refractivity contribution in [3.05, 3.63) is 96.6 Å². The number of rotatable bonds is 2. The molecule has 3 aliphatic rings. The molecule has 8 rings (SSSR count). The Labute approximate surface area is 228 Å². The van der Waals surface area contributed by atoms with E-state index in [1.807, 2.05) is 12.1 Å². The summed E-state index contributed by atoms with van der Waals surface area (Å²) < 4.78 is 25.8. The molecule has 2 atom stereocenters. The van der Waals surface area contributed by atoms with E-state index in [0.29, 0.717) is 0 Å². The third-order valence-electron chi connectivity index (χ3n) is 9.06. The SMILES string of the molecule is CC1(C)OB(c2cccc3oc4cc(-c5c6c(cc7ccccc57)OC5C=CC=CC65)ccc4c23)OC1(C)C. The number of hydrogen-bond acceptors (Lipinski definition) is 4. The molecule has 4 nitrogen and oxygen atoms in total. The van der Waals surface area contributed by atoms with Crippen molar-refractivity contribution in [3.63, 3.8) is 0 Å². The predicted molar refractivity (Wildman–Crippen MR) is 158 cm³/mol. The number of furan rings is 1. The van der Waals surface area contributed by atoms with Gasteiger partial charge in [-0.05, 0) is 85.4 Å². The van der Waals surface area contributed by atoms with E-state index in [1.165, 1.54) is 21.9 Å². The van der Waals surface area contributed by atoms with Crippen LogP contribution in [0.25, 0.3) is 43.8 Å². The monoisotopic (exact) mass is 512 g/mol. The van der Waals surface area contributed by atoms with Crippen LogP contribution in [0.5, 0.6) is 5.75 Å². The van der Waals surface area contributed by atoms with Crippen molar-refractivity contribution in [2.75, 3.05) is 0 Å². The second-order valence-corrected chi connectivity index (χ2v) is 11.9. The second-order valence-electron chi connectivity index (χ2n) is 11.9. The van der Waals surface area contributed by atoms with Crippen LogP contribution in [0.3, 0.4) is 0 Å². The van der Waals surface area contributed by atoms with E-state index < -0.39 is 18.3 Å². The van der Waals surface area contributed by atoms with Crippen LogP contribution in [0.1, 0.15) is 39.2 Å². The first kappa shape index (κ1) is 23.1. The summed E-state index contributed by atoms with van der Waals surface area (Å²) in [6.07, 6.45) is 8.63. The minimum Gasteiger partial charge on any atom is -0.485 e. The highest BCUT2D eigenvalue weighted by atomic mass is 16.7. The zero-order valence-corrected chi connectivity index (χ0v) is 22.5. The summed E-state index contributed by atoms with van der Waals surface area (Å²) in [6, 6.07) is 23.5. The summed E-state index contributed by atoms with van der Waals surface area (Å²) >= 11 is 0. The summed E-state index contributed by atoms with van der Waals surface area (Å²) in [4.78, 5) is 0. The van der Waals surface area contributed by atoms with Crippen LogP contribution in [0.4, 0.5) is 0 Å². The largest absolute Gasteiger partial charge is 0.495 e. The van der Waals surface area contributed by atoms with Crippen molar-refractivity contribution in [3.8, 4) is 16.9 Å². The molecule has 0 saturated carbocycles. The maximum absolute atomic E-state index is 6.49. The molecule has 39 heavy (non-hydrogen) atoms. The Bertz CT molecular complexity index is 1860. The lowest BCUT2D eigenvalue weighted by atomic mass is 9.76. The molecule has 1 aliphatic carbocycles. The highest BCUT2D eigenvalue weighted by Crippen LogP contribution is 2.50. The van der Waals surface area contributed by atoms with Crippen molar-refractivity contribution in [1.29, 1.82) is 0 Å². The smallest absolute Gasteiger partial charge is 0.485 e. The van der Waals surface area contributed by atoms with Gasteiger partial charge >= 0.3 is 7.12 Å². The molecule has 5 aromatic rings. The van der Waals surface area contributed by atoms with Crippen molar-refractivity contribution in [1.82, 2.24) is 0 Å². The van der Waals surface area contributed by atoms with Gasteiger partial charge in [-0.25, -0.2) is 0 Å². The van der Waals surface area contributed by atoms with Gasteiger partial charge < -0.3 is 18.5 Å². The first-order valence-corrected chi connectivity index (χ1v) is 13.7. The van der Waals surface area contributed by atoms with Crippen molar-refractivity contribution >= 4 is 45.3 Å². The fraction of sp³-hybridized carbons (Fsp3) is 0.235. The van der Waals surface area contributed by atoms with E-state index in [-0.39, 0.29) is 12.0 Å². The zero-order valence-electron chi connectivity index (χ0n) is 22.5. The quantitative estimate of drug-likeness (QED) is 0.228. The summed E-state index contributed by atoms with van der Waals surface area (Å²) in [7, 11) is -0.458. The van der Waals surface area contributed by atoms with E-state index in [9.17, 15) is 0 Å². The highest BCUT2D eigenvalue weighted by Gasteiger charge is 2.52. The second kappa shape index (κ2) is 7.87. The Hall–Kier alpha value is -3.80. The van der Waals surface area contributed by atoms with E-state index >= 15 is 0 Å². The molecule has 4 aromatic carbocycles. The zero-order chi connectivity index (χ0) is 26.5. The van der Waals surface area contributed by atoms with Crippen LogP contribution in [0.2, 0.25) is 0 Å². The van der Waals surface area contributed by atoms with Crippen LogP contribution in [-0.2, 0) is 9.31 Å². The third kappa shape index (κ3) is 3.27. The maximum Gasteiger partial charge on any atom is 0.495 e. The van der Waals surface area contributed by atoms with Gasteiger partial charge in [-0.2, -0.15) is 0 Å². The summed E-state index contributed by atoms with van der Waals surface area (Å²) in [6.45, 7) is 8.34. The minimum atomic E-state index is -0.458. The van der Waals surface area contributed by atoms with E-state index in [0.717, 1.165) is 38.7 Å². The molecule has 0 N–H and O–H groups in total. The molecule has 2 unspecified atom stereocenters. The van der Waals surface area contributed by atoms with Gasteiger partial charge in [0.05, 0.1) is 11.2 Å². The Kier molecular flexibility index (Phi) is 4.67. The van der Waals surface area contributed by atoms with Gasteiger partial charge in [-0.15, -0.1) is 0 Å². The number of benzene rings is 4. The van der Waals surface area contributed by atoms with E-state index in [1.54, 1.807) is 0 Å². The number of ether oxygens (including phenoxy) is 1. The topological polar surface area (TPSA) is 40.8 Å². The Morgan fingerprint density at radius 3 is 2.38 bits per heavy atom. The normalized spacial score (nSPS) is 22.5. The average molecular weight is 512 g/mol. The molecule has 2 aliphatic heterocycles. The van der Waals surface area contributed by atoms with Gasteiger partial charge in [0.15, 0.2) is 0 Å². The van der Waals surface area contributed by atoms with Crippen molar-refractivity contribution < 1.29 is 18.5 Å². The molecule has 0 amide bonds. The van der Waals surface area contributed by atoms with Gasteiger partial charge in [0, 0.05) is 22.3 Å². The molecule has 5 heteroatoms. The van der Waals surface area contributed by atoms with Crippen LogP contribution < -0.4 is 10.2 Å². The average Bonchev–Trinajstić information content (AvgIpc) is 3.54. The summed E-state index contributed by atoms with van der Waals surface area (Å²) in [5.74, 6) is 1.15. The Morgan fingerprint density at radius 1 is 0.744 bits per heavy atom. The minimum absolute atomic E-state index is 0.0259. The summed E-state index contributed by atoms with van der Waals surface area (Å²) in [5, 5.41) is 4.50. The Morgan fingerprint density at radius 2 is 1.54 bits per heavy atom. The fourth-order valence-electron chi connectivity index (χ4n) is 6.36. The molecule has 0 spiro atoms. The first-order chi connectivity index (χ1) is 18.8. The number of allylic oxidation sites excluding steroid dienone is 2. The van der Waals surface area contributed by atoms with Gasteiger partial charge in [0.1, 0.15) is 23.0 Å². The van der Waals surface area contributed by atoms with Crippen LogP contribution in [-0.4, -0.2) is 24.4 Å². The number of hydrogen-bond donors (Lipinski definition) is 0. The number of fused-ring (bicyclic) bond motifs is 7. The van der Waals surface area contributed by atoms with Crippen LogP contribution in [0.15, 0.2) is 95.5 Å². The molecule has 0 bridgehead atoms. The fourth-order valence-corrected chi connectivity index (χ4v) is 6.36. The lowest BCUT2D eigenvalue weighted by Crippen LogP contribution is -2.41. The standard InChI is InChI=1S/C34H29BO4/c1-33(2)34(3,4)39-35(38-33)25-13-9-15-27-31(25)24-17-16-21(19-28(24)37-27)30-22-11-6-5-10-20(22)18-29-32(30)23-12-7-8-14-26(23)36-29/h5-19,23,26H,1-4H3. The summed E-state index contributed by atoms with van der Waals surface area (Å²) in [5.41, 5.74) is 5.44. The van der Waals surface area contributed by atoms with Crippen molar-refractivity contribution in [2.24, 2.45) is 0 Å².